The monoisotopic (exact) mass is 285 g/mol. The SMILES string of the molecule is CNC(=O)C(C)CN(C)c1ccncc1Br. The topological polar surface area (TPSA) is 45.2 Å². The minimum absolute atomic E-state index is 0.0462. The van der Waals surface area contributed by atoms with Gasteiger partial charge < -0.3 is 10.2 Å². The van der Waals surface area contributed by atoms with E-state index in [0.717, 1.165) is 10.2 Å². The Kier molecular flexibility index (Phi) is 4.73. The van der Waals surface area contributed by atoms with Gasteiger partial charge in [-0.1, -0.05) is 6.92 Å². The molecule has 0 radical (unpaired) electrons. The van der Waals surface area contributed by atoms with Gasteiger partial charge in [-0.15, -0.1) is 0 Å². The molecule has 1 aromatic rings. The molecule has 1 rings (SSSR count). The number of carbonyl (C=O) groups excluding carboxylic acids is 1. The van der Waals surface area contributed by atoms with E-state index in [0.29, 0.717) is 6.54 Å². The lowest BCUT2D eigenvalue weighted by Crippen LogP contribution is -2.34. The van der Waals surface area contributed by atoms with Gasteiger partial charge in [0.25, 0.3) is 0 Å². The lowest BCUT2D eigenvalue weighted by Gasteiger charge is -2.23. The van der Waals surface area contributed by atoms with Crippen LogP contribution in [-0.2, 0) is 4.79 Å². The van der Waals surface area contributed by atoms with Crippen LogP contribution in [0.25, 0.3) is 0 Å². The maximum atomic E-state index is 11.4. The number of rotatable bonds is 4. The highest BCUT2D eigenvalue weighted by Gasteiger charge is 2.15. The van der Waals surface area contributed by atoms with Crippen molar-refractivity contribution < 1.29 is 4.79 Å². The van der Waals surface area contributed by atoms with Crippen LogP contribution in [0.4, 0.5) is 5.69 Å². The summed E-state index contributed by atoms with van der Waals surface area (Å²) in [5.41, 5.74) is 1.03. The number of carbonyl (C=O) groups is 1. The Morgan fingerprint density at radius 2 is 2.38 bits per heavy atom. The van der Waals surface area contributed by atoms with Crippen LogP contribution < -0.4 is 10.2 Å². The highest BCUT2D eigenvalue weighted by molar-refractivity contribution is 9.10. The molecule has 5 heteroatoms. The number of aromatic nitrogens is 1. The second-order valence-corrected chi connectivity index (χ2v) is 4.58. The third kappa shape index (κ3) is 3.20. The van der Waals surface area contributed by atoms with Gasteiger partial charge in [0.05, 0.1) is 16.1 Å². The molecule has 16 heavy (non-hydrogen) atoms. The lowest BCUT2D eigenvalue weighted by molar-refractivity contribution is -0.123. The zero-order valence-electron chi connectivity index (χ0n) is 9.70. The first-order valence-corrected chi connectivity index (χ1v) is 5.87. The van der Waals surface area contributed by atoms with Gasteiger partial charge in [0, 0.05) is 33.0 Å². The number of anilines is 1. The summed E-state index contributed by atoms with van der Waals surface area (Å²) in [6.07, 6.45) is 3.48. The molecular formula is C11H16BrN3O. The molecule has 0 aromatic carbocycles. The fourth-order valence-corrected chi connectivity index (χ4v) is 2.07. The van der Waals surface area contributed by atoms with Crippen LogP contribution in [0, 0.1) is 5.92 Å². The quantitative estimate of drug-likeness (QED) is 0.915. The number of nitrogens with one attached hydrogen (secondary N) is 1. The van der Waals surface area contributed by atoms with Crippen LogP contribution in [0.15, 0.2) is 22.9 Å². The molecule has 88 valence electrons. The zero-order chi connectivity index (χ0) is 12.1. The molecule has 4 nitrogen and oxygen atoms in total. The van der Waals surface area contributed by atoms with Gasteiger partial charge in [-0.25, -0.2) is 0 Å². The summed E-state index contributed by atoms with van der Waals surface area (Å²) < 4.78 is 0.932. The molecule has 1 amide bonds. The highest BCUT2D eigenvalue weighted by Crippen LogP contribution is 2.24. The molecule has 0 saturated heterocycles. The summed E-state index contributed by atoms with van der Waals surface area (Å²) in [5.74, 6) is 0.00657. The fourth-order valence-electron chi connectivity index (χ4n) is 1.52. The first-order valence-electron chi connectivity index (χ1n) is 5.08. The van der Waals surface area contributed by atoms with E-state index in [1.165, 1.54) is 0 Å². The fraction of sp³-hybridized carbons (Fsp3) is 0.455. The predicted molar refractivity (Wildman–Crippen MR) is 68.4 cm³/mol. The van der Waals surface area contributed by atoms with E-state index in [4.69, 9.17) is 0 Å². The largest absolute Gasteiger partial charge is 0.373 e. The molecule has 0 aliphatic heterocycles. The minimum Gasteiger partial charge on any atom is -0.373 e. The summed E-state index contributed by atoms with van der Waals surface area (Å²) in [5, 5.41) is 2.65. The number of halogens is 1. The van der Waals surface area contributed by atoms with Crippen LogP contribution in [0.3, 0.4) is 0 Å². The van der Waals surface area contributed by atoms with Crippen molar-refractivity contribution in [2.24, 2.45) is 5.92 Å². The maximum Gasteiger partial charge on any atom is 0.224 e. The van der Waals surface area contributed by atoms with E-state index in [1.807, 2.05) is 24.9 Å². The minimum atomic E-state index is -0.0462. The van der Waals surface area contributed by atoms with Crippen molar-refractivity contribution in [2.75, 3.05) is 25.5 Å². The van der Waals surface area contributed by atoms with Crippen LogP contribution in [0.1, 0.15) is 6.92 Å². The average Bonchev–Trinajstić information content (AvgIpc) is 2.28. The average molecular weight is 286 g/mol. The standard InChI is InChI=1S/C11H16BrN3O/c1-8(11(16)13-2)7-15(3)10-4-5-14-6-9(10)12/h4-6,8H,7H2,1-3H3,(H,13,16). The van der Waals surface area contributed by atoms with Crippen LogP contribution >= 0.6 is 15.9 Å². The van der Waals surface area contributed by atoms with E-state index in [-0.39, 0.29) is 11.8 Å². The van der Waals surface area contributed by atoms with Gasteiger partial charge in [0.2, 0.25) is 5.91 Å². The molecule has 0 aliphatic rings. The molecule has 0 fully saturated rings. The lowest BCUT2D eigenvalue weighted by atomic mass is 10.1. The van der Waals surface area contributed by atoms with Gasteiger partial charge in [0.1, 0.15) is 0 Å². The van der Waals surface area contributed by atoms with Gasteiger partial charge in [-0.2, -0.15) is 0 Å². The molecular weight excluding hydrogens is 270 g/mol. The predicted octanol–water partition coefficient (Wildman–Crippen LogP) is 1.66. The third-order valence-corrected chi connectivity index (χ3v) is 3.01. The summed E-state index contributed by atoms with van der Waals surface area (Å²) in [6.45, 7) is 2.58. The van der Waals surface area contributed by atoms with E-state index >= 15 is 0 Å². The Morgan fingerprint density at radius 1 is 1.69 bits per heavy atom. The highest BCUT2D eigenvalue weighted by atomic mass is 79.9. The number of hydrogen-bond acceptors (Lipinski definition) is 3. The first kappa shape index (κ1) is 13.0. The Balaban J connectivity index is 2.69. The van der Waals surface area contributed by atoms with Gasteiger partial charge >= 0.3 is 0 Å². The Labute approximate surface area is 104 Å². The summed E-state index contributed by atoms with van der Waals surface area (Å²) in [7, 11) is 3.61. The van der Waals surface area contributed by atoms with Crippen LogP contribution in [-0.4, -0.2) is 31.5 Å². The number of amides is 1. The molecule has 0 spiro atoms. The second kappa shape index (κ2) is 5.84. The van der Waals surface area contributed by atoms with Crippen molar-refractivity contribution in [3.05, 3.63) is 22.9 Å². The summed E-state index contributed by atoms with van der Waals surface area (Å²) in [4.78, 5) is 17.4. The molecule has 1 N–H and O–H groups in total. The normalized spacial score (nSPS) is 12.0. The smallest absolute Gasteiger partial charge is 0.224 e. The second-order valence-electron chi connectivity index (χ2n) is 3.72. The van der Waals surface area contributed by atoms with Gasteiger partial charge in [-0.3, -0.25) is 9.78 Å². The van der Waals surface area contributed by atoms with Gasteiger partial charge in [0.15, 0.2) is 0 Å². The zero-order valence-corrected chi connectivity index (χ0v) is 11.3. The number of hydrogen-bond donors (Lipinski definition) is 1. The molecule has 1 heterocycles. The Morgan fingerprint density at radius 3 is 2.94 bits per heavy atom. The van der Waals surface area contributed by atoms with Crippen molar-refractivity contribution in [1.29, 1.82) is 0 Å². The van der Waals surface area contributed by atoms with Crippen molar-refractivity contribution in [3.63, 3.8) is 0 Å². The molecule has 1 atom stereocenters. The number of nitrogens with zero attached hydrogens (tertiary/aromatic N) is 2. The van der Waals surface area contributed by atoms with Crippen molar-refractivity contribution in [1.82, 2.24) is 10.3 Å². The first-order chi connectivity index (χ1) is 7.56. The van der Waals surface area contributed by atoms with E-state index in [9.17, 15) is 4.79 Å². The van der Waals surface area contributed by atoms with Crippen LogP contribution in [0.5, 0.6) is 0 Å². The molecule has 0 aliphatic carbocycles. The molecule has 1 aromatic heterocycles. The molecule has 1 unspecified atom stereocenters. The van der Waals surface area contributed by atoms with E-state index < -0.39 is 0 Å². The summed E-state index contributed by atoms with van der Waals surface area (Å²) >= 11 is 3.44. The van der Waals surface area contributed by atoms with Crippen LogP contribution in [0.2, 0.25) is 0 Å². The van der Waals surface area contributed by atoms with Gasteiger partial charge in [-0.05, 0) is 22.0 Å². The maximum absolute atomic E-state index is 11.4. The number of pyridine rings is 1. The molecule has 0 saturated carbocycles. The van der Waals surface area contributed by atoms with E-state index in [2.05, 4.69) is 26.2 Å². The Bertz CT molecular complexity index is 370. The van der Waals surface area contributed by atoms with Crippen molar-refractivity contribution in [3.8, 4) is 0 Å². The van der Waals surface area contributed by atoms with Crippen molar-refractivity contribution >= 4 is 27.5 Å². The van der Waals surface area contributed by atoms with Crippen molar-refractivity contribution in [2.45, 2.75) is 6.92 Å². The Hall–Kier alpha value is -1.10. The molecule has 0 bridgehead atoms. The third-order valence-electron chi connectivity index (χ3n) is 2.40. The van der Waals surface area contributed by atoms with E-state index in [1.54, 1.807) is 19.4 Å². The summed E-state index contributed by atoms with van der Waals surface area (Å²) in [6, 6.07) is 1.92.